The summed E-state index contributed by atoms with van der Waals surface area (Å²) in [7, 11) is 0. The molecule has 0 aliphatic carbocycles. The van der Waals surface area contributed by atoms with Gasteiger partial charge in [-0.2, -0.15) is 0 Å². The molecule has 5 heteroatoms. The summed E-state index contributed by atoms with van der Waals surface area (Å²) in [6.07, 6.45) is 46.8. The van der Waals surface area contributed by atoms with Gasteiger partial charge in [0.05, 0.1) is 31.3 Å². The van der Waals surface area contributed by atoms with Crippen molar-refractivity contribution in [1.29, 1.82) is 0 Å². The van der Waals surface area contributed by atoms with Gasteiger partial charge in [0.2, 0.25) is 5.91 Å². The van der Waals surface area contributed by atoms with E-state index in [1.54, 1.807) is 6.08 Å². The normalized spacial score (nSPS) is 14.2. The van der Waals surface area contributed by atoms with Crippen molar-refractivity contribution in [2.75, 3.05) is 6.61 Å². The van der Waals surface area contributed by atoms with Gasteiger partial charge in [0.25, 0.3) is 0 Å². The number of hydrogen-bond donors (Lipinski definition) is 4. The number of amides is 1. The summed E-state index contributed by atoms with van der Waals surface area (Å²) in [6.45, 7) is 4.11. The standard InChI is InChI=1S/C42H77NO4/c1-3-5-7-9-11-13-15-16-17-18-19-20-21-22-23-24-26-27-29-31-33-35-39(45)37-42(47)43-40(38-44)41(46)36-34-32-30-28-25-14-12-10-8-6-4-2/h8,10,22-23,25,28,34,36,39-41,44-46H,3-7,9,11-21,24,26-27,29-33,35,37-38H2,1-2H3,(H,43,47)/b10-8+,23-22-,28-25+,36-34+. The minimum atomic E-state index is -0.960. The molecule has 0 rings (SSSR count). The molecule has 5 nitrogen and oxygen atoms in total. The van der Waals surface area contributed by atoms with Crippen LogP contribution in [0.15, 0.2) is 48.6 Å². The van der Waals surface area contributed by atoms with Crippen LogP contribution in [0.2, 0.25) is 0 Å². The Labute approximate surface area is 291 Å². The monoisotopic (exact) mass is 660 g/mol. The fourth-order valence-corrected chi connectivity index (χ4v) is 5.72. The number of unbranched alkanes of at least 4 members (excludes halogenated alkanes) is 20. The molecule has 274 valence electrons. The van der Waals surface area contributed by atoms with E-state index in [4.69, 9.17) is 0 Å². The lowest BCUT2D eigenvalue weighted by Gasteiger charge is -2.20. The summed E-state index contributed by atoms with van der Waals surface area (Å²) >= 11 is 0. The van der Waals surface area contributed by atoms with E-state index < -0.39 is 18.2 Å². The molecule has 0 aromatic rings. The second kappa shape index (κ2) is 37.1. The van der Waals surface area contributed by atoms with Crippen molar-refractivity contribution in [3.63, 3.8) is 0 Å². The lowest BCUT2D eigenvalue weighted by atomic mass is 10.0. The van der Waals surface area contributed by atoms with Crippen molar-refractivity contribution >= 4 is 5.91 Å². The van der Waals surface area contributed by atoms with Crippen molar-refractivity contribution in [3.05, 3.63) is 48.6 Å². The van der Waals surface area contributed by atoms with Crippen molar-refractivity contribution in [2.45, 2.75) is 205 Å². The van der Waals surface area contributed by atoms with Gasteiger partial charge in [0, 0.05) is 0 Å². The Morgan fingerprint density at radius 2 is 0.957 bits per heavy atom. The number of hydrogen-bond acceptors (Lipinski definition) is 4. The summed E-state index contributed by atoms with van der Waals surface area (Å²) in [5, 5.41) is 33.0. The van der Waals surface area contributed by atoms with Crippen molar-refractivity contribution in [1.82, 2.24) is 5.32 Å². The fraction of sp³-hybridized carbons (Fsp3) is 0.786. The number of aliphatic hydroxyl groups is 3. The molecule has 0 aromatic heterocycles. The van der Waals surface area contributed by atoms with Crippen LogP contribution in [0.3, 0.4) is 0 Å². The van der Waals surface area contributed by atoms with Crippen LogP contribution >= 0.6 is 0 Å². The third-order valence-electron chi connectivity index (χ3n) is 8.80. The predicted octanol–water partition coefficient (Wildman–Crippen LogP) is 11.0. The first-order valence-electron chi connectivity index (χ1n) is 19.9. The van der Waals surface area contributed by atoms with Crippen LogP contribution in [0.25, 0.3) is 0 Å². The van der Waals surface area contributed by atoms with Crippen molar-refractivity contribution < 1.29 is 20.1 Å². The molecule has 4 N–H and O–H groups in total. The average molecular weight is 660 g/mol. The van der Waals surface area contributed by atoms with Crippen molar-refractivity contribution in [2.24, 2.45) is 0 Å². The predicted molar refractivity (Wildman–Crippen MR) is 204 cm³/mol. The van der Waals surface area contributed by atoms with Gasteiger partial charge in [-0.3, -0.25) is 4.79 Å². The molecule has 0 aromatic carbocycles. The van der Waals surface area contributed by atoms with Gasteiger partial charge >= 0.3 is 0 Å². The number of carbonyl (C=O) groups excluding carboxylic acids is 1. The Balaban J connectivity index is 3.71. The summed E-state index contributed by atoms with van der Waals surface area (Å²) in [5.74, 6) is -0.338. The van der Waals surface area contributed by atoms with E-state index in [1.165, 1.54) is 103 Å². The number of rotatable bonds is 35. The van der Waals surface area contributed by atoms with Crippen LogP contribution in [-0.4, -0.2) is 46.1 Å². The van der Waals surface area contributed by atoms with E-state index in [2.05, 4.69) is 55.6 Å². The number of nitrogens with one attached hydrogen (secondary N) is 1. The van der Waals surface area contributed by atoms with Gasteiger partial charge in [-0.25, -0.2) is 0 Å². The minimum Gasteiger partial charge on any atom is -0.394 e. The lowest BCUT2D eigenvalue weighted by molar-refractivity contribution is -0.124. The third kappa shape index (κ3) is 34.0. The smallest absolute Gasteiger partial charge is 0.222 e. The van der Waals surface area contributed by atoms with Crippen LogP contribution in [-0.2, 0) is 4.79 Å². The Kier molecular flexibility index (Phi) is 35.8. The van der Waals surface area contributed by atoms with E-state index in [-0.39, 0.29) is 18.9 Å². The molecule has 3 atom stereocenters. The summed E-state index contributed by atoms with van der Waals surface area (Å²) in [6, 6.07) is -0.769. The van der Waals surface area contributed by atoms with E-state index >= 15 is 0 Å². The molecular formula is C42H77NO4. The van der Waals surface area contributed by atoms with Gasteiger partial charge in [-0.05, 0) is 64.2 Å². The van der Waals surface area contributed by atoms with Gasteiger partial charge in [-0.15, -0.1) is 0 Å². The highest BCUT2D eigenvalue weighted by molar-refractivity contribution is 5.76. The molecule has 0 spiro atoms. The van der Waals surface area contributed by atoms with Gasteiger partial charge in [0.15, 0.2) is 0 Å². The molecule has 47 heavy (non-hydrogen) atoms. The fourth-order valence-electron chi connectivity index (χ4n) is 5.72. The Morgan fingerprint density at radius 3 is 1.45 bits per heavy atom. The Hall–Kier alpha value is -1.69. The SMILES string of the molecule is CCC/C=C/CC/C=C/CC/C=C/C(O)C(CO)NC(=O)CC(O)CCCCCCC/C=C\CCCCCCCCCCCCCC. The van der Waals surface area contributed by atoms with Gasteiger partial charge in [0.1, 0.15) is 0 Å². The molecule has 0 saturated carbocycles. The Bertz CT molecular complexity index is 775. The topological polar surface area (TPSA) is 89.8 Å². The van der Waals surface area contributed by atoms with E-state index in [0.29, 0.717) is 6.42 Å². The molecule has 0 fully saturated rings. The molecule has 1 amide bonds. The maximum Gasteiger partial charge on any atom is 0.222 e. The van der Waals surface area contributed by atoms with Crippen LogP contribution in [0.4, 0.5) is 0 Å². The quantitative estimate of drug-likeness (QED) is 0.0402. The highest BCUT2D eigenvalue weighted by Crippen LogP contribution is 2.14. The third-order valence-corrected chi connectivity index (χ3v) is 8.80. The average Bonchev–Trinajstić information content (AvgIpc) is 3.06. The maximum absolute atomic E-state index is 12.4. The van der Waals surface area contributed by atoms with Crippen molar-refractivity contribution in [3.8, 4) is 0 Å². The maximum atomic E-state index is 12.4. The van der Waals surface area contributed by atoms with E-state index in [1.807, 2.05) is 6.08 Å². The van der Waals surface area contributed by atoms with Crippen LogP contribution in [0.5, 0.6) is 0 Å². The first kappa shape index (κ1) is 45.3. The van der Waals surface area contributed by atoms with Crippen LogP contribution < -0.4 is 5.32 Å². The second-order valence-electron chi connectivity index (χ2n) is 13.5. The van der Waals surface area contributed by atoms with Crippen LogP contribution in [0.1, 0.15) is 187 Å². The van der Waals surface area contributed by atoms with Gasteiger partial charge in [-0.1, -0.05) is 165 Å². The van der Waals surface area contributed by atoms with E-state index in [0.717, 1.165) is 57.8 Å². The summed E-state index contributed by atoms with van der Waals surface area (Å²) in [5.41, 5.74) is 0. The summed E-state index contributed by atoms with van der Waals surface area (Å²) < 4.78 is 0. The summed E-state index contributed by atoms with van der Waals surface area (Å²) in [4.78, 5) is 12.4. The highest BCUT2D eigenvalue weighted by Gasteiger charge is 2.20. The molecular weight excluding hydrogens is 582 g/mol. The lowest BCUT2D eigenvalue weighted by Crippen LogP contribution is -2.45. The molecule has 3 unspecified atom stereocenters. The minimum absolute atomic E-state index is 0.00461. The molecule has 0 heterocycles. The molecule has 0 aliphatic rings. The van der Waals surface area contributed by atoms with Crippen LogP contribution in [0, 0.1) is 0 Å². The zero-order valence-corrected chi connectivity index (χ0v) is 30.9. The number of aliphatic hydroxyl groups excluding tert-OH is 3. The van der Waals surface area contributed by atoms with E-state index in [9.17, 15) is 20.1 Å². The first-order chi connectivity index (χ1) is 23.0. The number of allylic oxidation sites excluding steroid dienone is 7. The first-order valence-corrected chi connectivity index (χ1v) is 19.9. The zero-order chi connectivity index (χ0) is 34.5. The molecule has 0 bridgehead atoms. The molecule has 0 saturated heterocycles. The van der Waals surface area contributed by atoms with Gasteiger partial charge < -0.3 is 20.6 Å². The Morgan fingerprint density at radius 1 is 0.532 bits per heavy atom. The largest absolute Gasteiger partial charge is 0.394 e. The zero-order valence-electron chi connectivity index (χ0n) is 30.9. The molecule has 0 radical (unpaired) electrons. The second-order valence-corrected chi connectivity index (χ2v) is 13.5. The molecule has 0 aliphatic heterocycles. The number of carbonyl (C=O) groups is 1. The highest BCUT2D eigenvalue weighted by atomic mass is 16.3.